The topological polar surface area (TPSA) is 97.7 Å². The van der Waals surface area contributed by atoms with Crippen molar-refractivity contribution in [2.45, 2.75) is 6.42 Å². The van der Waals surface area contributed by atoms with Crippen molar-refractivity contribution < 1.29 is 4.79 Å². The highest BCUT2D eigenvalue weighted by Crippen LogP contribution is 2.14. The van der Waals surface area contributed by atoms with Crippen molar-refractivity contribution in [2.75, 3.05) is 19.6 Å². The van der Waals surface area contributed by atoms with Gasteiger partial charge in [0.05, 0.1) is 11.6 Å². The van der Waals surface area contributed by atoms with Crippen molar-refractivity contribution >= 4 is 5.91 Å². The molecule has 0 saturated carbocycles. The molecule has 3 rings (SSSR count). The molecule has 0 radical (unpaired) electrons. The molecular formula is C17H16N6O. The van der Waals surface area contributed by atoms with Gasteiger partial charge in [0.2, 0.25) is 0 Å². The number of carbonyl (C=O) groups is 1. The summed E-state index contributed by atoms with van der Waals surface area (Å²) in [5, 5.41) is 20.5. The summed E-state index contributed by atoms with van der Waals surface area (Å²) < 4.78 is 1.74. The van der Waals surface area contributed by atoms with Crippen LogP contribution in [0.2, 0.25) is 0 Å². The first kappa shape index (κ1) is 15.6. The summed E-state index contributed by atoms with van der Waals surface area (Å²) in [6.07, 6.45) is 6.27. The van der Waals surface area contributed by atoms with E-state index in [1.54, 1.807) is 46.3 Å². The number of likely N-dealkylation sites (tertiary alicyclic amines) is 1. The molecule has 7 heteroatoms. The van der Waals surface area contributed by atoms with Crippen LogP contribution in [-0.2, 0) is 0 Å². The number of nitriles is 2. The van der Waals surface area contributed by atoms with Crippen LogP contribution in [0.3, 0.4) is 0 Å². The summed E-state index contributed by atoms with van der Waals surface area (Å²) in [6, 6.07) is 9.11. The quantitative estimate of drug-likeness (QED) is 0.856. The van der Waals surface area contributed by atoms with Gasteiger partial charge in [-0.1, -0.05) is 0 Å². The number of amides is 1. The SMILES string of the molecule is N#Cc1ccc(-n2cnc(C(=O)NC[C@H]3CCN(C#N)C3)c2)cc1. The van der Waals surface area contributed by atoms with Crippen LogP contribution in [0.4, 0.5) is 0 Å². The minimum absolute atomic E-state index is 0.224. The van der Waals surface area contributed by atoms with Crippen molar-refractivity contribution in [1.82, 2.24) is 19.8 Å². The third-order valence-electron chi connectivity index (χ3n) is 4.09. The Hall–Kier alpha value is -3.32. The number of hydrogen-bond donors (Lipinski definition) is 1. The van der Waals surface area contributed by atoms with Crippen LogP contribution >= 0.6 is 0 Å². The van der Waals surface area contributed by atoms with E-state index in [2.05, 4.69) is 22.6 Å². The lowest BCUT2D eigenvalue weighted by molar-refractivity contribution is 0.0943. The Labute approximate surface area is 139 Å². The molecule has 1 aromatic carbocycles. The molecule has 0 spiro atoms. The van der Waals surface area contributed by atoms with E-state index in [1.807, 2.05) is 0 Å². The summed E-state index contributed by atoms with van der Waals surface area (Å²) in [6.45, 7) is 1.99. The number of aromatic nitrogens is 2. The Morgan fingerprint density at radius 2 is 2.12 bits per heavy atom. The Bertz CT molecular complexity index is 811. The Balaban J connectivity index is 1.59. The number of imidazole rings is 1. The number of nitrogens with one attached hydrogen (secondary N) is 1. The van der Waals surface area contributed by atoms with E-state index in [4.69, 9.17) is 10.5 Å². The van der Waals surface area contributed by atoms with Crippen LogP contribution in [0.25, 0.3) is 5.69 Å². The van der Waals surface area contributed by atoms with E-state index in [0.717, 1.165) is 18.7 Å². The number of carbonyl (C=O) groups excluding carboxylic acids is 1. The first-order chi connectivity index (χ1) is 11.7. The molecule has 2 aromatic rings. The second-order valence-electron chi connectivity index (χ2n) is 5.74. The van der Waals surface area contributed by atoms with Gasteiger partial charge in [-0.05, 0) is 36.6 Å². The molecule has 0 aliphatic carbocycles. The zero-order valence-corrected chi connectivity index (χ0v) is 13.0. The van der Waals surface area contributed by atoms with Gasteiger partial charge >= 0.3 is 0 Å². The molecule has 24 heavy (non-hydrogen) atoms. The maximum absolute atomic E-state index is 12.2. The highest BCUT2D eigenvalue weighted by atomic mass is 16.1. The van der Waals surface area contributed by atoms with Gasteiger partial charge in [0, 0.05) is 31.5 Å². The molecular weight excluding hydrogens is 304 g/mol. The van der Waals surface area contributed by atoms with Gasteiger partial charge in [-0.2, -0.15) is 10.5 Å². The molecule has 1 aliphatic heterocycles. The van der Waals surface area contributed by atoms with Crippen LogP contribution < -0.4 is 5.32 Å². The first-order valence-corrected chi connectivity index (χ1v) is 7.67. The van der Waals surface area contributed by atoms with Crippen molar-refractivity contribution in [2.24, 2.45) is 5.92 Å². The predicted molar refractivity (Wildman–Crippen MR) is 85.9 cm³/mol. The molecule has 1 saturated heterocycles. The van der Waals surface area contributed by atoms with E-state index in [9.17, 15) is 4.79 Å². The third-order valence-corrected chi connectivity index (χ3v) is 4.09. The molecule has 1 aromatic heterocycles. The summed E-state index contributed by atoms with van der Waals surface area (Å²) >= 11 is 0. The standard InChI is InChI=1S/C17H16N6O/c18-7-13-1-3-15(4-2-13)23-10-16(21-12-23)17(24)20-8-14-5-6-22(9-14)11-19/h1-4,10,12,14H,5-6,8-9H2,(H,20,24)/t14-/m1/s1. The number of nitrogens with zero attached hydrogens (tertiary/aromatic N) is 5. The van der Waals surface area contributed by atoms with Gasteiger partial charge in [0.25, 0.3) is 5.91 Å². The lowest BCUT2D eigenvalue weighted by Crippen LogP contribution is -2.30. The Morgan fingerprint density at radius 3 is 2.79 bits per heavy atom. The van der Waals surface area contributed by atoms with Crippen molar-refractivity contribution in [1.29, 1.82) is 10.5 Å². The molecule has 7 nitrogen and oxygen atoms in total. The van der Waals surface area contributed by atoms with Crippen LogP contribution in [0.5, 0.6) is 0 Å². The zero-order valence-electron chi connectivity index (χ0n) is 13.0. The smallest absolute Gasteiger partial charge is 0.271 e. The minimum Gasteiger partial charge on any atom is -0.350 e. The van der Waals surface area contributed by atoms with Gasteiger partial charge in [-0.3, -0.25) is 4.79 Å². The third kappa shape index (κ3) is 3.36. The van der Waals surface area contributed by atoms with E-state index in [0.29, 0.717) is 30.3 Å². The van der Waals surface area contributed by atoms with E-state index in [-0.39, 0.29) is 5.91 Å². The fraction of sp³-hybridized carbons (Fsp3) is 0.294. The van der Waals surface area contributed by atoms with Crippen LogP contribution in [-0.4, -0.2) is 40.0 Å². The summed E-state index contributed by atoms with van der Waals surface area (Å²) in [7, 11) is 0. The number of benzene rings is 1. The lowest BCUT2D eigenvalue weighted by atomic mass is 10.1. The van der Waals surface area contributed by atoms with Crippen molar-refractivity contribution in [3.63, 3.8) is 0 Å². The average Bonchev–Trinajstić information content (AvgIpc) is 3.29. The normalized spacial score (nSPS) is 16.4. The Morgan fingerprint density at radius 1 is 1.33 bits per heavy atom. The molecule has 1 atom stereocenters. The number of hydrogen-bond acceptors (Lipinski definition) is 5. The van der Waals surface area contributed by atoms with Gasteiger partial charge in [0.1, 0.15) is 12.0 Å². The van der Waals surface area contributed by atoms with E-state index < -0.39 is 0 Å². The van der Waals surface area contributed by atoms with E-state index >= 15 is 0 Å². The number of rotatable bonds is 4. The molecule has 2 heterocycles. The minimum atomic E-state index is -0.224. The molecule has 1 fully saturated rings. The van der Waals surface area contributed by atoms with Gasteiger partial charge < -0.3 is 14.8 Å². The fourth-order valence-corrected chi connectivity index (χ4v) is 2.71. The first-order valence-electron chi connectivity index (χ1n) is 7.67. The molecule has 0 unspecified atom stereocenters. The van der Waals surface area contributed by atoms with Crippen LogP contribution in [0.15, 0.2) is 36.8 Å². The van der Waals surface area contributed by atoms with Crippen LogP contribution in [0, 0.1) is 28.7 Å². The molecule has 120 valence electrons. The van der Waals surface area contributed by atoms with Gasteiger partial charge in [0.15, 0.2) is 6.19 Å². The summed E-state index contributed by atoms with van der Waals surface area (Å²) in [5.41, 5.74) is 1.76. The highest BCUT2D eigenvalue weighted by molar-refractivity contribution is 5.92. The second kappa shape index (κ2) is 6.84. The maximum Gasteiger partial charge on any atom is 0.271 e. The van der Waals surface area contributed by atoms with E-state index in [1.165, 1.54) is 0 Å². The molecule has 1 aliphatic rings. The highest BCUT2D eigenvalue weighted by Gasteiger charge is 2.22. The zero-order chi connectivity index (χ0) is 16.9. The second-order valence-corrected chi connectivity index (χ2v) is 5.74. The molecule has 0 bridgehead atoms. The largest absolute Gasteiger partial charge is 0.350 e. The Kier molecular flexibility index (Phi) is 4.44. The molecule has 1 amide bonds. The van der Waals surface area contributed by atoms with Crippen LogP contribution in [0.1, 0.15) is 22.5 Å². The van der Waals surface area contributed by atoms with Crippen molar-refractivity contribution in [3.8, 4) is 17.9 Å². The monoisotopic (exact) mass is 320 g/mol. The summed E-state index contributed by atoms with van der Waals surface area (Å²) in [4.78, 5) is 18.0. The van der Waals surface area contributed by atoms with Crippen molar-refractivity contribution in [3.05, 3.63) is 48.0 Å². The summed E-state index contributed by atoms with van der Waals surface area (Å²) in [5.74, 6) is 0.0759. The predicted octanol–water partition coefficient (Wildman–Crippen LogP) is 1.28. The lowest BCUT2D eigenvalue weighted by Gasteiger charge is -2.10. The molecule has 1 N–H and O–H groups in total. The maximum atomic E-state index is 12.2. The van der Waals surface area contributed by atoms with Gasteiger partial charge in [-0.25, -0.2) is 4.98 Å². The fourth-order valence-electron chi connectivity index (χ4n) is 2.71. The average molecular weight is 320 g/mol. The van der Waals surface area contributed by atoms with Gasteiger partial charge in [-0.15, -0.1) is 0 Å².